The zero-order chi connectivity index (χ0) is 24.4. The summed E-state index contributed by atoms with van der Waals surface area (Å²) in [4.78, 5) is 0. The molecule has 0 aromatic carbocycles. The second-order valence-corrected chi connectivity index (χ2v) is 13.1. The van der Waals surface area contributed by atoms with E-state index in [1.165, 1.54) is 18.4 Å². The lowest BCUT2D eigenvalue weighted by atomic mass is 9.44. The number of fused-ring (bicyclic) bond motifs is 5. The van der Waals surface area contributed by atoms with Gasteiger partial charge >= 0.3 is 6.18 Å². The van der Waals surface area contributed by atoms with E-state index in [2.05, 4.69) is 26.8 Å². The van der Waals surface area contributed by atoms with E-state index >= 15 is 0 Å². The van der Waals surface area contributed by atoms with Gasteiger partial charge in [0.2, 0.25) is 0 Å². The fourth-order valence-corrected chi connectivity index (χ4v) is 8.78. The van der Waals surface area contributed by atoms with Crippen LogP contribution in [0.5, 0.6) is 0 Å². The van der Waals surface area contributed by atoms with Gasteiger partial charge in [-0.25, -0.2) is 0 Å². The van der Waals surface area contributed by atoms with Crippen LogP contribution in [0.3, 0.4) is 0 Å². The molecule has 2 nitrogen and oxygen atoms in total. The average Bonchev–Trinajstić information content (AvgIpc) is 3.03. The Kier molecular flexibility index (Phi) is 6.39. The molecule has 33 heavy (non-hydrogen) atoms. The van der Waals surface area contributed by atoms with Crippen molar-refractivity contribution in [3.63, 3.8) is 0 Å². The minimum Gasteiger partial charge on any atom is -0.390 e. The van der Waals surface area contributed by atoms with E-state index in [0.717, 1.165) is 51.9 Å². The van der Waals surface area contributed by atoms with Crippen molar-refractivity contribution in [2.75, 3.05) is 0 Å². The molecule has 0 heterocycles. The van der Waals surface area contributed by atoms with Crippen LogP contribution in [0.15, 0.2) is 11.6 Å². The first-order valence-electron chi connectivity index (χ1n) is 13.4. The van der Waals surface area contributed by atoms with Gasteiger partial charge in [0.15, 0.2) is 5.60 Å². The Morgan fingerprint density at radius 3 is 2.36 bits per heavy atom. The zero-order valence-corrected chi connectivity index (χ0v) is 21.3. The van der Waals surface area contributed by atoms with Gasteiger partial charge in [-0.2, -0.15) is 13.2 Å². The highest BCUT2D eigenvalue weighted by molar-refractivity contribution is 5.28. The molecule has 0 saturated heterocycles. The minimum atomic E-state index is -4.56. The summed E-state index contributed by atoms with van der Waals surface area (Å²) in [6.45, 7) is 10.1. The fourth-order valence-electron chi connectivity index (χ4n) is 8.78. The molecule has 190 valence electrons. The van der Waals surface area contributed by atoms with E-state index in [4.69, 9.17) is 0 Å². The van der Waals surface area contributed by atoms with Crippen LogP contribution in [0.1, 0.15) is 105 Å². The summed E-state index contributed by atoms with van der Waals surface area (Å²) in [6.07, 6.45) is 7.48. The van der Waals surface area contributed by atoms with Crippen LogP contribution in [0.2, 0.25) is 0 Å². The SMILES string of the molecule is CC[C@@H]1C=C2C[C@@](C)(O)CC[C@]2(C)[C@H]2CC[C@]3(C)[C@@H](CCC[C@](C)(O)C(F)(F)F)CC[C@H]3[C@H]12. The van der Waals surface area contributed by atoms with Crippen LogP contribution in [-0.2, 0) is 0 Å². The third-order valence-corrected chi connectivity index (χ3v) is 11.0. The molecular weight excluding hydrogens is 425 g/mol. The Bertz CT molecular complexity index is 770. The Labute approximate surface area is 198 Å². The lowest BCUT2D eigenvalue weighted by molar-refractivity contribution is -0.255. The first-order chi connectivity index (χ1) is 15.1. The minimum absolute atomic E-state index is 0.184. The van der Waals surface area contributed by atoms with E-state index in [1.807, 2.05) is 6.92 Å². The van der Waals surface area contributed by atoms with Gasteiger partial charge in [0.25, 0.3) is 0 Å². The van der Waals surface area contributed by atoms with Gasteiger partial charge in [-0.05, 0) is 125 Å². The van der Waals surface area contributed by atoms with E-state index in [1.54, 1.807) is 0 Å². The molecular formula is C28H45F3O2. The standard InChI is InChI=1S/C28H45F3O2/c1-6-18-16-20-17-24(2,32)14-15-26(20,4)22-11-13-25(3)19(9-10-21(25)23(18)22)8-7-12-27(5,33)28(29,30)31/h16,18-19,21-23,32-33H,6-15,17H2,1-5H3/t18-,19+,21+,22+,23+,24+,25-,26+,27+/m1/s1. The highest BCUT2D eigenvalue weighted by atomic mass is 19.4. The highest BCUT2D eigenvalue weighted by Gasteiger charge is 2.60. The first-order valence-corrected chi connectivity index (χ1v) is 13.4. The van der Waals surface area contributed by atoms with Crippen molar-refractivity contribution in [1.29, 1.82) is 0 Å². The Hall–Kier alpha value is -0.550. The van der Waals surface area contributed by atoms with E-state index in [9.17, 15) is 23.4 Å². The molecule has 4 rings (SSSR count). The van der Waals surface area contributed by atoms with Crippen LogP contribution in [0.25, 0.3) is 0 Å². The molecule has 0 spiro atoms. The topological polar surface area (TPSA) is 40.5 Å². The Balaban J connectivity index is 1.52. The third-order valence-electron chi connectivity index (χ3n) is 11.0. The number of halogens is 3. The summed E-state index contributed by atoms with van der Waals surface area (Å²) in [5, 5.41) is 20.6. The van der Waals surface area contributed by atoms with E-state index < -0.39 is 17.4 Å². The number of alkyl halides is 3. The van der Waals surface area contributed by atoms with Crippen LogP contribution < -0.4 is 0 Å². The Morgan fingerprint density at radius 1 is 1.03 bits per heavy atom. The molecule has 0 unspecified atom stereocenters. The van der Waals surface area contributed by atoms with Crippen LogP contribution in [0, 0.1) is 40.4 Å². The third kappa shape index (κ3) is 4.21. The largest absolute Gasteiger partial charge is 0.416 e. The monoisotopic (exact) mass is 470 g/mol. The molecule has 0 aromatic rings. The van der Waals surface area contributed by atoms with Gasteiger partial charge in [-0.3, -0.25) is 0 Å². The van der Waals surface area contributed by atoms with Gasteiger partial charge in [0.1, 0.15) is 0 Å². The summed E-state index contributed by atoms with van der Waals surface area (Å²) in [7, 11) is 0. The van der Waals surface area contributed by atoms with Gasteiger partial charge in [0.05, 0.1) is 5.60 Å². The lowest BCUT2D eigenvalue weighted by Crippen LogP contribution is -2.54. The number of rotatable bonds is 5. The summed E-state index contributed by atoms with van der Waals surface area (Å²) in [5.41, 5.74) is -1.31. The lowest BCUT2D eigenvalue weighted by Gasteiger charge is -2.61. The predicted octanol–water partition coefficient (Wildman–Crippen LogP) is 7.44. The average molecular weight is 471 g/mol. The zero-order valence-electron chi connectivity index (χ0n) is 21.3. The molecule has 0 radical (unpaired) electrons. The normalized spacial score (nSPS) is 47.2. The van der Waals surface area contributed by atoms with Crippen molar-refractivity contribution in [1.82, 2.24) is 0 Å². The molecule has 3 fully saturated rings. The molecule has 5 heteroatoms. The fraction of sp³-hybridized carbons (Fsp3) is 0.929. The van der Waals surface area contributed by atoms with Gasteiger partial charge in [0, 0.05) is 0 Å². The molecule has 0 aromatic heterocycles. The maximum absolute atomic E-state index is 13.1. The quantitative estimate of drug-likeness (QED) is 0.410. The number of hydrogen-bond acceptors (Lipinski definition) is 2. The van der Waals surface area contributed by atoms with Crippen molar-refractivity contribution in [3.05, 3.63) is 11.6 Å². The van der Waals surface area contributed by atoms with Crippen molar-refractivity contribution < 1.29 is 23.4 Å². The van der Waals surface area contributed by atoms with Crippen molar-refractivity contribution in [3.8, 4) is 0 Å². The number of allylic oxidation sites excluding steroid dienone is 1. The van der Waals surface area contributed by atoms with Crippen LogP contribution >= 0.6 is 0 Å². The van der Waals surface area contributed by atoms with E-state index in [-0.39, 0.29) is 17.3 Å². The van der Waals surface area contributed by atoms with Crippen LogP contribution in [-0.4, -0.2) is 27.6 Å². The second-order valence-electron chi connectivity index (χ2n) is 13.1. The molecule has 0 aliphatic heterocycles. The molecule has 2 N–H and O–H groups in total. The Morgan fingerprint density at radius 2 is 1.73 bits per heavy atom. The molecule has 9 atom stereocenters. The van der Waals surface area contributed by atoms with E-state index in [0.29, 0.717) is 36.0 Å². The maximum Gasteiger partial charge on any atom is 0.416 e. The highest BCUT2D eigenvalue weighted by Crippen LogP contribution is 2.68. The number of hydrogen-bond donors (Lipinski definition) is 2. The molecule has 0 bridgehead atoms. The summed E-state index contributed by atoms with van der Waals surface area (Å²) < 4.78 is 39.3. The van der Waals surface area contributed by atoms with Gasteiger partial charge in [-0.15, -0.1) is 0 Å². The molecule has 4 aliphatic carbocycles. The summed E-state index contributed by atoms with van der Waals surface area (Å²) in [6, 6.07) is 0. The smallest absolute Gasteiger partial charge is 0.390 e. The van der Waals surface area contributed by atoms with Crippen molar-refractivity contribution in [2.24, 2.45) is 40.4 Å². The molecule has 3 saturated carbocycles. The predicted molar refractivity (Wildman–Crippen MR) is 126 cm³/mol. The van der Waals surface area contributed by atoms with Gasteiger partial charge < -0.3 is 10.2 Å². The van der Waals surface area contributed by atoms with Crippen molar-refractivity contribution in [2.45, 2.75) is 123 Å². The molecule has 0 amide bonds. The van der Waals surface area contributed by atoms with Gasteiger partial charge in [-0.1, -0.05) is 32.4 Å². The van der Waals surface area contributed by atoms with Crippen molar-refractivity contribution >= 4 is 0 Å². The number of aliphatic hydroxyl groups is 2. The molecule has 4 aliphatic rings. The maximum atomic E-state index is 13.1. The second kappa shape index (κ2) is 8.25. The first kappa shape index (κ1) is 25.5. The van der Waals surface area contributed by atoms with Crippen LogP contribution in [0.4, 0.5) is 13.2 Å². The summed E-state index contributed by atoms with van der Waals surface area (Å²) >= 11 is 0. The summed E-state index contributed by atoms with van der Waals surface area (Å²) in [5.74, 6) is 2.93.